The van der Waals surface area contributed by atoms with Crippen molar-refractivity contribution in [2.75, 3.05) is 39.1 Å². The minimum absolute atomic E-state index is 0.0132. The zero-order valence-electron chi connectivity index (χ0n) is 21.9. The van der Waals surface area contributed by atoms with Gasteiger partial charge in [-0.05, 0) is 56.5 Å². The van der Waals surface area contributed by atoms with Crippen LogP contribution in [0.3, 0.4) is 0 Å². The van der Waals surface area contributed by atoms with E-state index in [1.807, 2.05) is 18.2 Å². The summed E-state index contributed by atoms with van der Waals surface area (Å²) in [6, 6.07) is 7.57. The summed E-state index contributed by atoms with van der Waals surface area (Å²) in [4.78, 5) is 46.1. The molecule has 0 saturated carbocycles. The largest absolute Gasteiger partial charge is 0.480 e. The molecular weight excluding hydrogens is 486 g/mol. The van der Waals surface area contributed by atoms with Crippen LogP contribution in [0, 0.1) is 5.92 Å². The third-order valence-electron chi connectivity index (χ3n) is 7.51. The fraction of sp³-hybridized carbons (Fsp3) is 0.444. The highest BCUT2D eigenvalue weighted by atomic mass is 16.5. The number of nitrogens with two attached hydrogens (primary N) is 1. The number of hydrogen-bond donors (Lipinski definition) is 2. The van der Waals surface area contributed by atoms with Gasteiger partial charge in [-0.2, -0.15) is 5.10 Å². The number of primary amides is 1. The molecule has 0 bridgehead atoms. The van der Waals surface area contributed by atoms with Gasteiger partial charge in [-0.3, -0.25) is 19.1 Å². The molecule has 200 valence electrons. The summed E-state index contributed by atoms with van der Waals surface area (Å²) >= 11 is 0. The van der Waals surface area contributed by atoms with Gasteiger partial charge in [0.2, 0.25) is 5.88 Å². The Labute approximate surface area is 220 Å². The lowest BCUT2D eigenvalue weighted by molar-refractivity contribution is -0.146. The number of anilines is 1. The van der Waals surface area contributed by atoms with Crippen LogP contribution in [-0.2, 0) is 9.59 Å². The fourth-order valence-corrected chi connectivity index (χ4v) is 5.47. The van der Waals surface area contributed by atoms with Crippen LogP contribution in [0.5, 0.6) is 5.88 Å². The molecular formula is C27H33N7O4. The number of fused-ring (bicyclic) bond motifs is 1. The third kappa shape index (κ3) is 5.06. The molecule has 11 nitrogen and oxygen atoms in total. The second-order valence-corrected chi connectivity index (χ2v) is 10.4. The van der Waals surface area contributed by atoms with Crippen LogP contribution in [0.4, 0.5) is 5.69 Å². The van der Waals surface area contributed by atoms with Crippen molar-refractivity contribution in [3.05, 3.63) is 47.8 Å². The van der Waals surface area contributed by atoms with Crippen LogP contribution in [0.15, 0.2) is 36.7 Å². The van der Waals surface area contributed by atoms with Crippen molar-refractivity contribution in [2.24, 2.45) is 11.7 Å². The fourth-order valence-electron chi connectivity index (χ4n) is 5.47. The van der Waals surface area contributed by atoms with Crippen LogP contribution in [0.1, 0.15) is 54.2 Å². The van der Waals surface area contributed by atoms with Crippen molar-refractivity contribution >= 4 is 34.3 Å². The predicted octanol–water partition coefficient (Wildman–Crippen LogP) is 2.35. The minimum Gasteiger partial charge on any atom is -0.480 e. The van der Waals surface area contributed by atoms with Crippen molar-refractivity contribution in [2.45, 2.75) is 38.3 Å². The molecule has 2 aliphatic rings. The van der Waals surface area contributed by atoms with Gasteiger partial charge in [0.1, 0.15) is 5.56 Å². The highest BCUT2D eigenvalue weighted by Crippen LogP contribution is 2.35. The number of nitrogens with zero attached hydrogens (tertiary/aromatic N) is 5. The maximum Gasteiger partial charge on any atom is 0.313 e. The number of hydrogen-bond acceptors (Lipinski definition) is 7. The van der Waals surface area contributed by atoms with Crippen LogP contribution in [0.25, 0.3) is 10.9 Å². The number of likely N-dealkylation sites (N-methyl/N-ethyl adjacent to an activating group) is 1. The quantitative estimate of drug-likeness (QED) is 0.494. The number of methoxy groups -OCH3 is 1. The average molecular weight is 520 g/mol. The Morgan fingerprint density at radius 3 is 2.66 bits per heavy atom. The second-order valence-electron chi connectivity index (χ2n) is 10.4. The summed E-state index contributed by atoms with van der Waals surface area (Å²) in [7, 11) is 3.48. The van der Waals surface area contributed by atoms with Crippen LogP contribution in [0.2, 0.25) is 0 Å². The summed E-state index contributed by atoms with van der Waals surface area (Å²) in [5.41, 5.74) is 7.43. The molecule has 0 aliphatic carbocycles. The SMILES string of the molecule is COc1ncc(NC(=O)C(=O)N2C[C@@H](C)CC[C@@H]2c2ccc3cn(C4CCN(C)C4)nc3c2)cc1C(N)=O. The third-order valence-corrected chi connectivity index (χ3v) is 7.51. The van der Waals surface area contributed by atoms with Crippen molar-refractivity contribution in [1.82, 2.24) is 24.6 Å². The lowest BCUT2D eigenvalue weighted by Crippen LogP contribution is -2.46. The van der Waals surface area contributed by atoms with Gasteiger partial charge in [0.05, 0.1) is 36.6 Å². The Morgan fingerprint density at radius 1 is 1.13 bits per heavy atom. The molecule has 5 rings (SSSR count). The molecule has 1 unspecified atom stereocenters. The maximum absolute atomic E-state index is 13.4. The van der Waals surface area contributed by atoms with Gasteiger partial charge < -0.3 is 25.6 Å². The molecule has 2 aliphatic heterocycles. The molecule has 3 atom stereocenters. The van der Waals surface area contributed by atoms with Gasteiger partial charge in [-0.25, -0.2) is 4.98 Å². The molecule has 0 radical (unpaired) electrons. The first kappa shape index (κ1) is 25.7. The zero-order chi connectivity index (χ0) is 27.0. The Hall–Kier alpha value is -3.99. The summed E-state index contributed by atoms with van der Waals surface area (Å²) < 4.78 is 7.10. The number of ether oxygens (including phenoxy) is 1. The molecule has 4 heterocycles. The summed E-state index contributed by atoms with van der Waals surface area (Å²) in [6.45, 7) is 4.57. The lowest BCUT2D eigenvalue weighted by atomic mass is 9.89. The molecule has 11 heteroatoms. The number of carbonyl (C=O) groups excluding carboxylic acids is 3. The van der Waals surface area contributed by atoms with Crippen molar-refractivity contribution in [3.8, 4) is 5.88 Å². The first-order valence-corrected chi connectivity index (χ1v) is 12.9. The van der Waals surface area contributed by atoms with E-state index in [0.29, 0.717) is 12.6 Å². The van der Waals surface area contributed by atoms with E-state index >= 15 is 0 Å². The van der Waals surface area contributed by atoms with E-state index in [4.69, 9.17) is 15.6 Å². The van der Waals surface area contributed by atoms with Gasteiger partial charge in [0, 0.05) is 24.7 Å². The van der Waals surface area contributed by atoms with E-state index in [0.717, 1.165) is 48.8 Å². The van der Waals surface area contributed by atoms with Crippen molar-refractivity contribution in [3.63, 3.8) is 0 Å². The maximum atomic E-state index is 13.4. The number of benzene rings is 1. The summed E-state index contributed by atoms with van der Waals surface area (Å²) in [5.74, 6) is -1.89. The number of rotatable bonds is 5. The molecule has 0 spiro atoms. The van der Waals surface area contributed by atoms with Crippen LogP contribution in [-0.4, -0.2) is 76.1 Å². The highest BCUT2D eigenvalue weighted by Gasteiger charge is 2.34. The molecule has 38 heavy (non-hydrogen) atoms. The van der Waals surface area contributed by atoms with E-state index in [2.05, 4.69) is 40.1 Å². The second kappa shape index (κ2) is 10.4. The number of piperidine rings is 1. The lowest BCUT2D eigenvalue weighted by Gasteiger charge is -2.38. The average Bonchev–Trinajstić information content (AvgIpc) is 3.53. The van der Waals surface area contributed by atoms with Crippen molar-refractivity contribution < 1.29 is 19.1 Å². The number of aromatic nitrogens is 3. The molecule has 3 amide bonds. The van der Waals surface area contributed by atoms with Gasteiger partial charge >= 0.3 is 11.8 Å². The molecule has 2 aromatic heterocycles. The number of nitrogens with one attached hydrogen (secondary N) is 1. The summed E-state index contributed by atoms with van der Waals surface area (Å²) in [6.07, 6.45) is 6.17. The summed E-state index contributed by atoms with van der Waals surface area (Å²) in [5, 5.41) is 8.47. The first-order valence-electron chi connectivity index (χ1n) is 12.9. The minimum atomic E-state index is -0.804. The molecule has 2 saturated heterocycles. The Bertz CT molecular complexity index is 1390. The highest BCUT2D eigenvalue weighted by molar-refractivity contribution is 6.39. The van der Waals surface area contributed by atoms with Gasteiger partial charge in [-0.1, -0.05) is 19.1 Å². The van der Waals surface area contributed by atoms with E-state index < -0.39 is 17.7 Å². The Morgan fingerprint density at radius 2 is 1.95 bits per heavy atom. The topological polar surface area (TPSA) is 136 Å². The van der Waals surface area contributed by atoms with Gasteiger partial charge in [0.25, 0.3) is 5.91 Å². The predicted molar refractivity (Wildman–Crippen MR) is 142 cm³/mol. The van der Waals surface area contributed by atoms with Crippen molar-refractivity contribution in [1.29, 1.82) is 0 Å². The van der Waals surface area contributed by atoms with E-state index in [-0.39, 0.29) is 29.1 Å². The number of amides is 3. The van der Waals surface area contributed by atoms with Crippen LogP contribution < -0.4 is 15.8 Å². The molecule has 1 aromatic carbocycles. The van der Waals surface area contributed by atoms with Gasteiger partial charge in [-0.15, -0.1) is 0 Å². The normalized spacial score (nSPS) is 22.0. The Kier molecular flexibility index (Phi) is 7.02. The van der Waals surface area contributed by atoms with E-state index in [9.17, 15) is 14.4 Å². The smallest absolute Gasteiger partial charge is 0.313 e. The number of pyridine rings is 1. The molecule has 2 fully saturated rings. The molecule has 3 aromatic rings. The van der Waals surface area contributed by atoms with E-state index in [1.54, 1.807) is 4.90 Å². The number of likely N-dealkylation sites (tertiary alicyclic amines) is 2. The first-order chi connectivity index (χ1) is 18.2. The monoisotopic (exact) mass is 519 g/mol. The van der Waals surface area contributed by atoms with E-state index in [1.165, 1.54) is 19.4 Å². The Balaban J connectivity index is 1.37. The zero-order valence-corrected chi connectivity index (χ0v) is 21.9. The molecule has 3 N–H and O–H groups in total. The van der Waals surface area contributed by atoms with Crippen LogP contribution >= 0.6 is 0 Å². The number of carbonyl (C=O) groups is 3. The standard InChI is InChI=1S/C27H33N7O4/c1-16-4-7-23(17-5-6-18-14-34(31-22(18)10-17)20-8-9-32(2)15-20)33(13-16)27(37)25(36)30-19-11-21(24(28)35)26(38-3)29-12-19/h5-6,10-12,14,16,20,23H,4,7-9,13,15H2,1-3H3,(H2,28,35)(H,30,36)/t16-,20?,23+/m0/s1. The van der Waals surface area contributed by atoms with Gasteiger partial charge in [0.15, 0.2) is 0 Å².